The van der Waals surface area contributed by atoms with Gasteiger partial charge in [-0.2, -0.15) is 10.2 Å². The molecule has 0 aromatic heterocycles. The van der Waals surface area contributed by atoms with Gasteiger partial charge < -0.3 is 4.74 Å². The van der Waals surface area contributed by atoms with Crippen LogP contribution in [0.1, 0.15) is 63.9 Å². The van der Waals surface area contributed by atoms with Gasteiger partial charge in [-0.25, -0.2) is 0 Å². The van der Waals surface area contributed by atoms with E-state index in [1.54, 1.807) is 0 Å². The molecule has 26 heavy (non-hydrogen) atoms. The maximum atomic E-state index is 5.81. The number of ether oxygens (including phenoxy) is 1. The molecule has 0 atom stereocenters. The smallest absolute Gasteiger partial charge is 0.0860 e. The lowest BCUT2D eigenvalue weighted by molar-refractivity contribution is 0.116. The number of hydrogen-bond acceptors (Lipinski definition) is 3. The number of unbranched alkanes of at least 4 members (excludes halogenated alkanes) is 7. The second-order valence-electron chi connectivity index (χ2n) is 6.73. The molecule has 140 valence electrons. The fraction of sp³-hybridized carbons (Fsp3) is 0.478. The van der Waals surface area contributed by atoms with Gasteiger partial charge in [-0.1, -0.05) is 82.2 Å². The van der Waals surface area contributed by atoms with E-state index in [4.69, 9.17) is 4.74 Å². The van der Waals surface area contributed by atoms with Crippen molar-refractivity contribution in [1.82, 2.24) is 0 Å². The summed E-state index contributed by atoms with van der Waals surface area (Å²) in [7, 11) is 0. The van der Waals surface area contributed by atoms with E-state index in [0.717, 1.165) is 30.0 Å². The summed E-state index contributed by atoms with van der Waals surface area (Å²) in [5.41, 5.74) is 2.87. The first-order valence-electron chi connectivity index (χ1n) is 10.0. The van der Waals surface area contributed by atoms with Crippen molar-refractivity contribution in [2.24, 2.45) is 10.2 Å². The molecule has 3 heteroatoms. The predicted molar refractivity (Wildman–Crippen MR) is 109 cm³/mol. The van der Waals surface area contributed by atoms with Crippen molar-refractivity contribution in [3.63, 3.8) is 0 Å². The van der Waals surface area contributed by atoms with E-state index < -0.39 is 0 Å². The highest BCUT2D eigenvalue weighted by Crippen LogP contribution is 2.19. The molecule has 0 aliphatic carbocycles. The summed E-state index contributed by atoms with van der Waals surface area (Å²) in [6.45, 7) is 3.75. The summed E-state index contributed by atoms with van der Waals surface area (Å²) in [6, 6.07) is 17.9. The lowest BCUT2D eigenvalue weighted by Gasteiger charge is -2.05. The average Bonchev–Trinajstić information content (AvgIpc) is 2.69. The fourth-order valence-corrected chi connectivity index (χ4v) is 2.85. The van der Waals surface area contributed by atoms with Crippen LogP contribution in [0.3, 0.4) is 0 Å². The van der Waals surface area contributed by atoms with Gasteiger partial charge in [0, 0.05) is 6.61 Å². The molecule has 0 saturated heterocycles. The third kappa shape index (κ3) is 8.91. The second kappa shape index (κ2) is 13.2. The maximum absolute atomic E-state index is 5.81. The zero-order chi connectivity index (χ0) is 18.3. The van der Waals surface area contributed by atoms with Crippen LogP contribution in [-0.4, -0.2) is 6.61 Å². The van der Waals surface area contributed by atoms with Gasteiger partial charge in [0.25, 0.3) is 0 Å². The minimum absolute atomic E-state index is 0.644. The van der Waals surface area contributed by atoms with Gasteiger partial charge >= 0.3 is 0 Å². The van der Waals surface area contributed by atoms with E-state index in [-0.39, 0.29) is 0 Å². The van der Waals surface area contributed by atoms with E-state index in [9.17, 15) is 0 Å². The molecular formula is C23H32N2O. The summed E-state index contributed by atoms with van der Waals surface area (Å²) in [5.74, 6) is 0. The van der Waals surface area contributed by atoms with Crippen molar-refractivity contribution < 1.29 is 4.74 Å². The molecule has 0 amide bonds. The van der Waals surface area contributed by atoms with Gasteiger partial charge in [0.1, 0.15) is 0 Å². The Balaban J connectivity index is 1.61. The van der Waals surface area contributed by atoms with Gasteiger partial charge in [-0.05, 0) is 36.2 Å². The van der Waals surface area contributed by atoms with Crippen LogP contribution in [0.2, 0.25) is 0 Å². The van der Waals surface area contributed by atoms with Crippen LogP contribution in [-0.2, 0) is 11.3 Å². The van der Waals surface area contributed by atoms with Gasteiger partial charge in [-0.15, -0.1) is 0 Å². The van der Waals surface area contributed by atoms with Crippen molar-refractivity contribution in [3.8, 4) is 0 Å². The van der Waals surface area contributed by atoms with Crippen molar-refractivity contribution in [2.75, 3.05) is 6.61 Å². The van der Waals surface area contributed by atoms with Gasteiger partial charge in [-0.3, -0.25) is 0 Å². The van der Waals surface area contributed by atoms with Crippen molar-refractivity contribution in [3.05, 3.63) is 60.2 Å². The number of hydrogen-bond donors (Lipinski definition) is 0. The molecule has 0 spiro atoms. The second-order valence-corrected chi connectivity index (χ2v) is 6.73. The molecule has 0 aliphatic heterocycles. The first kappa shape index (κ1) is 20.3. The molecule has 0 fully saturated rings. The van der Waals surface area contributed by atoms with Crippen LogP contribution in [0.25, 0.3) is 0 Å². The highest BCUT2D eigenvalue weighted by Gasteiger charge is 1.97. The number of nitrogens with zero attached hydrogens (tertiary/aromatic N) is 2. The molecule has 0 aliphatic rings. The topological polar surface area (TPSA) is 34.0 Å². The summed E-state index contributed by atoms with van der Waals surface area (Å²) in [6.07, 6.45) is 10.6. The summed E-state index contributed by atoms with van der Waals surface area (Å²) in [5, 5.41) is 8.56. The highest BCUT2D eigenvalue weighted by molar-refractivity contribution is 5.41. The Morgan fingerprint density at radius 3 is 2.12 bits per heavy atom. The zero-order valence-electron chi connectivity index (χ0n) is 16.1. The monoisotopic (exact) mass is 352 g/mol. The summed E-state index contributed by atoms with van der Waals surface area (Å²) in [4.78, 5) is 0. The highest BCUT2D eigenvalue weighted by atomic mass is 16.5. The quantitative estimate of drug-likeness (QED) is 0.268. The third-order valence-electron chi connectivity index (χ3n) is 4.36. The molecule has 0 bridgehead atoms. The molecule has 0 N–H and O–H groups in total. The lowest BCUT2D eigenvalue weighted by Crippen LogP contribution is -1.95. The van der Waals surface area contributed by atoms with Crippen LogP contribution >= 0.6 is 0 Å². The SMILES string of the molecule is CCCCCCCCCCOCc1cccc(N=Nc2ccccc2)c1. The van der Waals surface area contributed by atoms with Crippen LogP contribution < -0.4 is 0 Å². The van der Waals surface area contributed by atoms with E-state index >= 15 is 0 Å². The Bertz CT molecular complexity index is 625. The van der Waals surface area contributed by atoms with Crippen LogP contribution in [0.15, 0.2) is 64.8 Å². The Hall–Kier alpha value is -2.00. The predicted octanol–water partition coefficient (Wildman–Crippen LogP) is 7.76. The largest absolute Gasteiger partial charge is 0.377 e. The Morgan fingerprint density at radius 2 is 1.35 bits per heavy atom. The van der Waals surface area contributed by atoms with Crippen molar-refractivity contribution in [1.29, 1.82) is 0 Å². The lowest BCUT2D eigenvalue weighted by atomic mass is 10.1. The average molecular weight is 353 g/mol. The first-order valence-corrected chi connectivity index (χ1v) is 10.0. The fourth-order valence-electron chi connectivity index (χ4n) is 2.85. The first-order chi connectivity index (χ1) is 12.9. The molecule has 2 aromatic rings. The standard InChI is InChI=1S/C23H32N2O/c1-2-3-4-5-6-7-8-12-18-26-20-21-14-13-17-23(19-21)25-24-22-15-10-9-11-16-22/h9-11,13-17,19H,2-8,12,18,20H2,1H3. The number of benzene rings is 2. The van der Waals surface area contributed by atoms with Crippen molar-refractivity contribution >= 4 is 11.4 Å². The number of azo groups is 1. The number of rotatable bonds is 13. The maximum Gasteiger partial charge on any atom is 0.0860 e. The molecule has 3 nitrogen and oxygen atoms in total. The zero-order valence-corrected chi connectivity index (χ0v) is 16.1. The molecule has 0 radical (unpaired) electrons. The Labute approximate surface area is 158 Å². The van der Waals surface area contributed by atoms with Crippen LogP contribution in [0.4, 0.5) is 11.4 Å². The van der Waals surface area contributed by atoms with E-state index in [1.807, 2.05) is 48.5 Å². The van der Waals surface area contributed by atoms with Crippen molar-refractivity contribution in [2.45, 2.75) is 64.9 Å². The summed E-state index contributed by atoms with van der Waals surface area (Å²) >= 11 is 0. The Morgan fingerprint density at radius 1 is 0.692 bits per heavy atom. The minimum Gasteiger partial charge on any atom is -0.377 e. The molecule has 0 unspecified atom stereocenters. The molecular weight excluding hydrogens is 320 g/mol. The third-order valence-corrected chi connectivity index (χ3v) is 4.36. The van der Waals surface area contributed by atoms with E-state index in [1.165, 1.54) is 44.9 Å². The molecule has 0 saturated carbocycles. The molecule has 2 rings (SSSR count). The molecule has 0 heterocycles. The van der Waals surface area contributed by atoms with Gasteiger partial charge in [0.05, 0.1) is 18.0 Å². The summed E-state index contributed by atoms with van der Waals surface area (Å²) < 4.78 is 5.81. The van der Waals surface area contributed by atoms with Crippen LogP contribution in [0, 0.1) is 0 Å². The van der Waals surface area contributed by atoms with Crippen LogP contribution in [0.5, 0.6) is 0 Å². The van der Waals surface area contributed by atoms with Gasteiger partial charge in [0.15, 0.2) is 0 Å². The van der Waals surface area contributed by atoms with E-state index in [0.29, 0.717) is 6.61 Å². The normalized spacial score (nSPS) is 11.3. The van der Waals surface area contributed by atoms with E-state index in [2.05, 4.69) is 23.2 Å². The minimum atomic E-state index is 0.644. The Kier molecular flexibility index (Phi) is 10.3. The van der Waals surface area contributed by atoms with Gasteiger partial charge in [0.2, 0.25) is 0 Å². The molecule has 2 aromatic carbocycles.